The Kier molecular flexibility index (Phi) is 8.68. The number of imidazole rings is 1. The van der Waals surface area contributed by atoms with Crippen molar-refractivity contribution in [3.63, 3.8) is 0 Å². The number of aryl methyl sites for hydroxylation is 1. The van der Waals surface area contributed by atoms with Crippen LogP contribution in [0, 0.1) is 0 Å². The van der Waals surface area contributed by atoms with Crippen molar-refractivity contribution >= 4 is 56.5 Å². The van der Waals surface area contributed by atoms with Crippen LogP contribution in [0.3, 0.4) is 0 Å². The van der Waals surface area contributed by atoms with Gasteiger partial charge in [-0.1, -0.05) is 61.9 Å². The predicted molar refractivity (Wildman–Crippen MR) is 170 cm³/mol. The van der Waals surface area contributed by atoms with Crippen LogP contribution in [0.5, 0.6) is 0 Å². The molecule has 0 atom stereocenters. The van der Waals surface area contributed by atoms with E-state index in [9.17, 15) is 4.79 Å². The van der Waals surface area contributed by atoms with Crippen molar-refractivity contribution in [2.45, 2.75) is 58.3 Å². The molecule has 1 fully saturated rings. The number of hydrogen-bond donors (Lipinski definition) is 2. The maximum atomic E-state index is 12.4. The van der Waals surface area contributed by atoms with Gasteiger partial charge >= 0.3 is 6.03 Å². The molecule has 0 bridgehead atoms. The molecule has 1 aliphatic heterocycles. The van der Waals surface area contributed by atoms with Crippen LogP contribution in [0.15, 0.2) is 59.3 Å². The van der Waals surface area contributed by atoms with Gasteiger partial charge in [0.15, 0.2) is 10.8 Å². The van der Waals surface area contributed by atoms with Crippen LogP contribution in [-0.2, 0) is 11.8 Å². The van der Waals surface area contributed by atoms with Gasteiger partial charge in [0.05, 0.1) is 15.9 Å². The fourth-order valence-electron chi connectivity index (χ4n) is 5.22. The molecule has 0 spiro atoms. The zero-order valence-corrected chi connectivity index (χ0v) is 25.4. The fraction of sp³-hybridized carbons (Fsp3) is 0.387. The Morgan fingerprint density at radius 2 is 1.80 bits per heavy atom. The monoisotopic (exact) mass is 592 g/mol. The number of anilines is 2. The van der Waals surface area contributed by atoms with Crippen molar-refractivity contribution in [3.05, 3.63) is 66.1 Å². The molecule has 216 valence electrons. The van der Waals surface area contributed by atoms with Gasteiger partial charge in [0.25, 0.3) is 0 Å². The highest BCUT2D eigenvalue weighted by Gasteiger charge is 2.20. The summed E-state index contributed by atoms with van der Waals surface area (Å²) in [5, 5.41) is 9.49. The van der Waals surface area contributed by atoms with Crippen LogP contribution in [0.1, 0.15) is 57.8 Å². The molecule has 0 radical (unpaired) electrons. The number of nitrogens with one attached hydrogen (secondary N) is 2. The third-order valence-corrected chi connectivity index (χ3v) is 8.49. The second-order valence-corrected chi connectivity index (χ2v) is 12.7. The number of carbonyl (C=O) groups is 1. The van der Waals surface area contributed by atoms with Gasteiger partial charge < -0.3 is 14.7 Å². The maximum Gasteiger partial charge on any atom is 0.324 e. The maximum absolute atomic E-state index is 12.4. The normalized spacial score (nSPS) is 14.3. The average molecular weight is 593 g/mol. The van der Waals surface area contributed by atoms with Crippen LogP contribution in [-0.4, -0.2) is 45.1 Å². The van der Waals surface area contributed by atoms with E-state index < -0.39 is 0 Å². The lowest BCUT2D eigenvalue weighted by atomic mass is 9.93. The zero-order valence-electron chi connectivity index (χ0n) is 23.8. The van der Waals surface area contributed by atoms with E-state index in [0.29, 0.717) is 17.3 Å². The van der Waals surface area contributed by atoms with Crippen LogP contribution in [0.25, 0.3) is 26.4 Å². The standard InChI is InChI=1S/C31H36N6O2S.ClH/c1-31(2,3)27-19-28(35-39-27)34-29(38)32-23-12-10-22(11-13-23)24-20-37-25-14-9-21(18-26(25)40-30(37)33-24)8-7-17-36-15-5-4-6-16-36;/h9-14,18-20H,4-8,15-17H2,1-3H3,(H2,32,34,35,38);1H. The minimum absolute atomic E-state index is 0. The molecule has 2 amide bonds. The zero-order chi connectivity index (χ0) is 27.7. The Morgan fingerprint density at radius 3 is 2.54 bits per heavy atom. The molecule has 2 N–H and O–H groups in total. The van der Waals surface area contributed by atoms with Gasteiger partial charge in [0.1, 0.15) is 5.76 Å². The van der Waals surface area contributed by atoms with Gasteiger partial charge in [-0.2, -0.15) is 0 Å². The second-order valence-electron chi connectivity index (χ2n) is 11.7. The summed E-state index contributed by atoms with van der Waals surface area (Å²) < 4.78 is 8.78. The summed E-state index contributed by atoms with van der Waals surface area (Å²) in [6.45, 7) is 9.81. The molecule has 3 aromatic heterocycles. The predicted octanol–water partition coefficient (Wildman–Crippen LogP) is 7.99. The number of fused-ring (bicyclic) bond motifs is 3. The van der Waals surface area contributed by atoms with Gasteiger partial charge in [-0.3, -0.25) is 9.72 Å². The first-order valence-electron chi connectivity index (χ1n) is 14.1. The van der Waals surface area contributed by atoms with E-state index >= 15 is 0 Å². The third kappa shape index (κ3) is 6.74. The molecule has 10 heteroatoms. The van der Waals surface area contributed by atoms with Crippen molar-refractivity contribution in [1.29, 1.82) is 0 Å². The summed E-state index contributed by atoms with van der Waals surface area (Å²) in [4.78, 5) is 20.9. The number of piperidine rings is 1. The molecule has 1 aliphatic rings. The van der Waals surface area contributed by atoms with Gasteiger partial charge in [0, 0.05) is 28.9 Å². The summed E-state index contributed by atoms with van der Waals surface area (Å²) in [5.74, 6) is 1.09. The van der Waals surface area contributed by atoms with Crippen LogP contribution in [0.2, 0.25) is 0 Å². The first-order chi connectivity index (χ1) is 19.3. The number of urea groups is 1. The highest BCUT2D eigenvalue weighted by molar-refractivity contribution is 7.23. The summed E-state index contributed by atoms with van der Waals surface area (Å²) in [5.41, 5.74) is 5.00. The number of amides is 2. The Labute approximate surface area is 250 Å². The lowest BCUT2D eigenvalue weighted by Crippen LogP contribution is -2.30. The Morgan fingerprint density at radius 1 is 1.02 bits per heavy atom. The van der Waals surface area contributed by atoms with Crippen LogP contribution < -0.4 is 10.6 Å². The van der Waals surface area contributed by atoms with Crippen molar-refractivity contribution < 1.29 is 9.32 Å². The summed E-state index contributed by atoms with van der Waals surface area (Å²) >= 11 is 1.73. The molecule has 0 aliphatic carbocycles. The van der Waals surface area contributed by atoms with Crippen LogP contribution in [0.4, 0.5) is 16.3 Å². The van der Waals surface area contributed by atoms with Crippen molar-refractivity contribution in [2.24, 2.45) is 0 Å². The minimum atomic E-state index is -0.374. The molecule has 6 rings (SSSR count). The van der Waals surface area contributed by atoms with E-state index in [1.165, 1.54) is 61.1 Å². The van der Waals surface area contributed by atoms with E-state index in [1.807, 2.05) is 45.0 Å². The number of hydrogen-bond acceptors (Lipinski definition) is 6. The Balaban J connectivity index is 0.00000337. The molecule has 41 heavy (non-hydrogen) atoms. The molecule has 0 unspecified atom stereocenters. The second kappa shape index (κ2) is 12.2. The van der Waals surface area contributed by atoms with Gasteiger partial charge in [-0.05, 0) is 75.1 Å². The SMILES string of the molecule is CC(C)(C)c1cc(NC(=O)Nc2ccc(-c3cn4c(n3)sc3cc(CCCN5CCCCC5)ccc34)cc2)no1.Cl. The first-order valence-corrected chi connectivity index (χ1v) is 14.9. The highest BCUT2D eigenvalue weighted by Crippen LogP contribution is 2.31. The molecule has 8 nitrogen and oxygen atoms in total. The smallest absolute Gasteiger partial charge is 0.324 e. The topological polar surface area (TPSA) is 87.7 Å². The molecule has 0 saturated carbocycles. The molecular weight excluding hydrogens is 556 g/mol. The summed E-state index contributed by atoms with van der Waals surface area (Å²) in [6, 6.07) is 15.9. The lowest BCUT2D eigenvalue weighted by molar-refractivity contribution is 0.226. The van der Waals surface area contributed by atoms with Crippen molar-refractivity contribution in [3.8, 4) is 11.3 Å². The Hall–Kier alpha value is -3.40. The molecule has 4 heterocycles. The summed E-state index contributed by atoms with van der Waals surface area (Å²) in [7, 11) is 0. The number of aromatic nitrogens is 3. The van der Waals surface area contributed by atoms with E-state index in [2.05, 4.69) is 49.5 Å². The van der Waals surface area contributed by atoms with E-state index in [4.69, 9.17) is 9.51 Å². The van der Waals surface area contributed by atoms with Gasteiger partial charge in [0.2, 0.25) is 0 Å². The van der Waals surface area contributed by atoms with Crippen LogP contribution >= 0.6 is 23.7 Å². The first kappa shape index (κ1) is 29.1. The van der Waals surface area contributed by atoms with Crippen molar-refractivity contribution in [2.75, 3.05) is 30.3 Å². The Bertz CT molecular complexity index is 1630. The fourth-order valence-corrected chi connectivity index (χ4v) is 6.29. The number of thiazole rings is 1. The number of benzene rings is 2. The van der Waals surface area contributed by atoms with E-state index in [0.717, 1.165) is 22.6 Å². The van der Waals surface area contributed by atoms with Gasteiger partial charge in [-0.15, -0.1) is 12.4 Å². The van der Waals surface area contributed by atoms with Gasteiger partial charge in [-0.25, -0.2) is 9.78 Å². The number of nitrogens with zero attached hydrogens (tertiary/aromatic N) is 4. The third-order valence-electron chi connectivity index (χ3n) is 7.48. The molecular formula is C31H37ClN6O2S. The number of carbonyl (C=O) groups excluding carboxylic acids is 1. The van der Waals surface area contributed by atoms with Crippen molar-refractivity contribution in [1.82, 2.24) is 19.4 Å². The average Bonchev–Trinajstić information content (AvgIpc) is 3.64. The number of rotatable bonds is 7. The summed E-state index contributed by atoms with van der Waals surface area (Å²) in [6.07, 6.45) is 8.52. The minimum Gasteiger partial charge on any atom is -0.359 e. The van der Waals surface area contributed by atoms with E-state index in [1.54, 1.807) is 17.4 Å². The highest BCUT2D eigenvalue weighted by atomic mass is 35.5. The molecule has 5 aromatic rings. The van der Waals surface area contributed by atoms with E-state index in [-0.39, 0.29) is 23.9 Å². The molecule has 1 saturated heterocycles. The largest absolute Gasteiger partial charge is 0.359 e. The quantitative estimate of drug-likeness (QED) is 0.200. The lowest BCUT2D eigenvalue weighted by Gasteiger charge is -2.26. The number of likely N-dealkylation sites (tertiary alicyclic amines) is 1. The molecule has 2 aromatic carbocycles. The number of halogens is 1.